The maximum absolute atomic E-state index is 14.8. The summed E-state index contributed by atoms with van der Waals surface area (Å²) in [6.45, 7) is 4.19. The molecule has 0 saturated heterocycles. The number of methoxy groups -OCH3 is 1. The van der Waals surface area contributed by atoms with Gasteiger partial charge in [-0.1, -0.05) is 44.9 Å². The molecule has 3 rings (SSSR count). The van der Waals surface area contributed by atoms with Gasteiger partial charge in [0.25, 0.3) is 0 Å². The molecule has 0 spiro atoms. The van der Waals surface area contributed by atoms with Crippen molar-refractivity contribution in [1.29, 1.82) is 0 Å². The van der Waals surface area contributed by atoms with Crippen LogP contribution in [0.1, 0.15) is 80.9 Å². The maximum Gasteiger partial charge on any atom is 0.130 e. The summed E-state index contributed by atoms with van der Waals surface area (Å²) in [4.78, 5) is 0. The molecule has 0 amide bonds. The molecular weight excluding hydrogens is 354 g/mol. The van der Waals surface area contributed by atoms with E-state index in [0.717, 1.165) is 24.3 Å². The number of hydrogen-bond donors (Lipinski definition) is 0. The molecule has 0 unspecified atom stereocenters. The fourth-order valence-electron chi connectivity index (χ4n) is 4.65. The highest BCUT2D eigenvalue weighted by atomic mass is 19.1. The van der Waals surface area contributed by atoms with Crippen LogP contribution in [0.15, 0.2) is 36.4 Å². The second kappa shape index (κ2) is 9.54. The lowest BCUT2D eigenvalue weighted by Gasteiger charge is -2.29. The Hall–Kier alpha value is -1.90. The minimum atomic E-state index is -0.298. The number of benzene rings is 2. The van der Waals surface area contributed by atoms with E-state index < -0.39 is 0 Å². The van der Waals surface area contributed by atoms with Crippen LogP contribution in [0, 0.1) is 17.6 Å². The Labute approximate surface area is 168 Å². The Kier molecular flexibility index (Phi) is 7.09. The lowest BCUT2D eigenvalue weighted by Crippen LogP contribution is -2.13. The topological polar surface area (TPSA) is 9.23 Å². The summed E-state index contributed by atoms with van der Waals surface area (Å²) in [6.07, 6.45) is 7.91. The molecule has 28 heavy (non-hydrogen) atoms. The molecule has 1 atom stereocenters. The highest BCUT2D eigenvalue weighted by Gasteiger charge is 2.23. The van der Waals surface area contributed by atoms with Gasteiger partial charge in [-0.2, -0.15) is 0 Å². The van der Waals surface area contributed by atoms with Gasteiger partial charge < -0.3 is 4.74 Å². The smallest absolute Gasteiger partial charge is 0.130 e. The zero-order valence-electron chi connectivity index (χ0n) is 17.3. The Balaban J connectivity index is 1.66. The number of halogens is 2. The third-order valence-electron chi connectivity index (χ3n) is 6.36. The molecule has 2 aromatic carbocycles. The molecule has 1 nitrogen and oxygen atoms in total. The minimum Gasteiger partial charge on any atom is -0.497 e. The van der Waals surface area contributed by atoms with Crippen molar-refractivity contribution in [3.05, 3.63) is 64.7 Å². The molecule has 0 radical (unpaired) electrons. The van der Waals surface area contributed by atoms with Crippen molar-refractivity contribution in [1.82, 2.24) is 0 Å². The lowest BCUT2D eigenvalue weighted by molar-refractivity contribution is 0.308. The molecule has 0 aliphatic heterocycles. The summed E-state index contributed by atoms with van der Waals surface area (Å²) in [5.41, 5.74) is 2.38. The normalized spacial score (nSPS) is 20.8. The van der Waals surface area contributed by atoms with Crippen LogP contribution in [-0.2, 0) is 6.42 Å². The van der Waals surface area contributed by atoms with Gasteiger partial charge in [-0.15, -0.1) is 0 Å². The monoisotopic (exact) mass is 386 g/mol. The fraction of sp³-hybridized carbons (Fsp3) is 0.520. The van der Waals surface area contributed by atoms with E-state index in [0.29, 0.717) is 29.2 Å². The van der Waals surface area contributed by atoms with Gasteiger partial charge in [0.15, 0.2) is 0 Å². The van der Waals surface area contributed by atoms with Crippen molar-refractivity contribution in [2.45, 2.75) is 70.6 Å². The Morgan fingerprint density at radius 1 is 1.00 bits per heavy atom. The van der Waals surface area contributed by atoms with Crippen molar-refractivity contribution in [3.8, 4) is 5.75 Å². The molecule has 1 aliphatic carbocycles. The summed E-state index contributed by atoms with van der Waals surface area (Å²) in [6, 6.07) is 10.6. The predicted molar refractivity (Wildman–Crippen MR) is 111 cm³/mol. The van der Waals surface area contributed by atoms with Crippen LogP contribution in [-0.4, -0.2) is 7.11 Å². The van der Waals surface area contributed by atoms with Gasteiger partial charge in [0.05, 0.1) is 7.11 Å². The summed E-state index contributed by atoms with van der Waals surface area (Å²) >= 11 is 0. The van der Waals surface area contributed by atoms with E-state index in [-0.39, 0.29) is 17.6 Å². The van der Waals surface area contributed by atoms with Crippen molar-refractivity contribution in [2.75, 3.05) is 7.11 Å². The van der Waals surface area contributed by atoms with E-state index in [9.17, 15) is 8.78 Å². The van der Waals surface area contributed by atoms with Crippen LogP contribution in [0.25, 0.3) is 0 Å². The number of ether oxygens (including phenoxy) is 1. The quantitative estimate of drug-likeness (QED) is 0.482. The van der Waals surface area contributed by atoms with E-state index in [1.807, 2.05) is 13.0 Å². The molecule has 1 fully saturated rings. The standard InChI is InChI=1S/C25H32F2O/c1-4-5-18-6-8-19(9-7-18)20-10-11-21(24(26)15-20)14-17(2)23-13-12-22(28-3)16-25(23)27/h10-13,15-19H,4-9,14H2,1-3H3/t17-,18?,19?/m1/s1. The first kappa shape index (κ1) is 20.8. The first-order valence-corrected chi connectivity index (χ1v) is 10.6. The van der Waals surface area contributed by atoms with Crippen molar-refractivity contribution < 1.29 is 13.5 Å². The number of hydrogen-bond acceptors (Lipinski definition) is 1. The molecule has 0 aromatic heterocycles. The molecular formula is C25H32F2O. The van der Waals surface area contributed by atoms with Gasteiger partial charge in [0.2, 0.25) is 0 Å². The van der Waals surface area contributed by atoms with Crippen LogP contribution >= 0.6 is 0 Å². The lowest BCUT2D eigenvalue weighted by atomic mass is 9.77. The van der Waals surface area contributed by atoms with Gasteiger partial charge in [0, 0.05) is 6.07 Å². The fourth-order valence-corrected chi connectivity index (χ4v) is 4.65. The van der Waals surface area contributed by atoms with Gasteiger partial charge in [-0.3, -0.25) is 0 Å². The third-order valence-corrected chi connectivity index (χ3v) is 6.36. The Morgan fingerprint density at radius 3 is 2.36 bits per heavy atom. The molecule has 3 heteroatoms. The zero-order valence-corrected chi connectivity index (χ0v) is 17.3. The van der Waals surface area contributed by atoms with Gasteiger partial charge in [0.1, 0.15) is 17.4 Å². The van der Waals surface area contributed by atoms with Gasteiger partial charge in [-0.05, 0) is 78.7 Å². The Morgan fingerprint density at radius 2 is 1.75 bits per heavy atom. The highest BCUT2D eigenvalue weighted by molar-refractivity contribution is 5.33. The van der Waals surface area contributed by atoms with Crippen LogP contribution in [0.5, 0.6) is 5.75 Å². The molecule has 2 aromatic rings. The van der Waals surface area contributed by atoms with E-state index in [1.54, 1.807) is 18.2 Å². The van der Waals surface area contributed by atoms with Crippen LogP contribution in [0.2, 0.25) is 0 Å². The summed E-state index contributed by atoms with van der Waals surface area (Å²) in [7, 11) is 1.52. The molecule has 152 valence electrons. The SMILES string of the molecule is CCCC1CCC(c2ccc(C[C@@H](C)c3ccc(OC)cc3F)c(F)c2)CC1. The van der Waals surface area contributed by atoms with E-state index in [4.69, 9.17) is 4.74 Å². The van der Waals surface area contributed by atoms with Crippen molar-refractivity contribution >= 4 is 0 Å². The highest BCUT2D eigenvalue weighted by Crippen LogP contribution is 2.38. The minimum absolute atomic E-state index is 0.101. The van der Waals surface area contributed by atoms with Gasteiger partial charge in [-0.25, -0.2) is 8.78 Å². The first-order chi connectivity index (χ1) is 13.5. The maximum atomic E-state index is 14.8. The largest absolute Gasteiger partial charge is 0.497 e. The molecule has 1 aliphatic rings. The third kappa shape index (κ3) is 4.92. The molecule has 1 saturated carbocycles. The predicted octanol–water partition coefficient (Wildman–Crippen LogP) is 7.39. The van der Waals surface area contributed by atoms with E-state index >= 15 is 0 Å². The summed E-state index contributed by atoms with van der Waals surface area (Å²) in [5.74, 6) is 1.27. The van der Waals surface area contributed by atoms with Crippen LogP contribution in [0.3, 0.4) is 0 Å². The van der Waals surface area contributed by atoms with Crippen molar-refractivity contribution in [2.24, 2.45) is 5.92 Å². The summed E-state index contributed by atoms with van der Waals surface area (Å²) < 4.78 is 34.2. The van der Waals surface area contributed by atoms with Crippen molar-refractivity contribution in [3.63, 3.8) is 0 Å². The number of rotatable bonds is 7. The average molecular weight is 387 g/mol. The summed E-state index contributed by atoms with van der Waals surface area (Å²) in [5, 5.41) is 0. The van der Waals surface area contributed by atoms with Crippen LogP contribution in [0.4, 0.5) is 8.78 Å². The van der Waals surface area contributed by atoms with Crippen LogP contribution < -0.4 is 4.74 Å². The molecule has 0 N–H and O–H groups in total. The molecule has 0 bridgehead atoms. The Bertz CT molecular complexity index is 778. The molecule has 0 heterocycles. The first-order valence-electron chi connectivity index (χ1n) is 10.6. The average Bonchev–Trinajstić information content (AvgIpc) is 2.70. The van der Waals surface area contributed by atoms with Gasteiger partial charge >= 0.3 is 0 Å². The second-order valence-electron chi connectivity index (χ2n) is 8.35. The van der Waals surface area contributed by atoms with E-state index in [2.05, 4.69) is 13.0 Å². The zero-order chi connectivity index (χ0) is 20.1. The second-order valence-corrected chi connectivity index (χ2v) is 8.35. The van der Waals surface area contributed by atoms with E-state index in [1.165, 1.54) is 38.9 Å².